The molecule has 1 rings (SSSR count). The first kappa shape index (κ1) is 10.6. The zero-order chi connectivity index (χ0) is 8.69. The van der Waals surface area contributed by atoms with Gasteiger partial charge in [0.15, 0.2) is 0 Å². The Morgan fingerprint density at radius 1 is 1.36 bits per heavy atom. The molecule has 2 heteroatoms. The normalized spacial score (nSPS) is 8.73. The summed E-state index contributed by atoms with van der Waals surface area (Å²) < 4.78 is 4.13. The van der Waals surface area contributed by atoms with Crippen LogP contribution in [0, 0.1) is 6.92 Å². The maximum atomic E-state index is 4.13. The third-order valence-corrected chi connectivity index (χ3v) is 2.05. The summed E-state index contributed by atoms with van der Waals surface area (Å²) in [4.78, 5) is 1.38. The van der Waals surface area contributed by atoms with Gasteiger partial charge in [0, 0.05) is 4.88 Å². The number of rotatable bonds is 1. The SMILES string of the molecule is CCC.CCc1cc(C)ns1. The molecule has 0 amide bonds. The molecule has 0 aliphatic heterocycles. The number of aromatic nitrogens is 1. The van der Waals surface area contributed by atoms with Crippen LogP contribution in [0.15, 0.2) is 6.07 Å². The van der Waals surface area contributed by atoms with Crippen LogP contribution in [-0.4, -0.2) is 4.37 Å². The summed E-state index contributed by atoms with van der Waals surface area (Å²) in [5, 5.41) is 0. The molecule has 0 unspecified atom stereocenters. The minimum Gasteiger partial charge on any atom is -0.198 e. The third kappa shape index (κ3) is 4.96. The molecule has 1 nitrogen and oxygen atoms in total. The van der Waals surface area contributed by atoms with Gasteiger partial charge in [-0.05, 0) is 30.9 Å². The summed E-state index contributed by atoms with van der Waals surface area (Å²) >= 11 is 1.60. The lowest BCUT2D eigenvalue weighted by molar-refractivity contribution is 1.09. The summed E-state index contributed by atoms with van der Waals surface area (Å²) in [6.07, 6.45) is 2.37. The first-order valence-electron chi connectivity index (χ1n) is 4.16. The minimum atomic E-state index is 1.12. The lowest BCUT2D eigenvalue weighted by Crippen LogP contribution is -1.65. The van der Waals surface area contributed by atoms with Gasteiger partial charge in [0.1, 0.15) is 0 Å². The van der Waals surface area contributed by atoms with Crippen LogP contribution in [-0.2, 0) is 6.42 Å². The predicted molar refractivity (Wildman–Crippen MR) is 52.2 cm³/mol. The lowest BCUT2D eigenvalue weighted by atomic mass is 10.3. The molecule has 11 heavy (non-hydrogen) atoms. The Bertz CT molecular complexity index is 181. The molecule has 0 spiro atoms. The van der Waals surface area contributed by atoms with E-state index in [1.807, 2.05) is 6.92 Å². The molecule has 0 radical (unpaired) electrons. The van der Waals surface area contributed by atoms with Gasteiger partial charge in [-0.15, -0.1) is 0 Å². The fourth-order valence-corrected chi connectivity index (χ4v) is 1.25. The van der Waals surface area contributed by atoms with Gasteiger partial charge >= 0.3 is 0 Å². The molecule has 0 bridgehead atoms. The van der Waals surface area contributed by atoms with Crippen LogP contribution in [0.2, 0.25) is 0 Å². The monoisotopic (exact) mass is 171 g/mol. The zero-order valence-electron chi connectivity index (χ0n) is 7.85. The first-order chi connectivity index (χ1) is 5.24. The van der Waals surface area contributed by atoms with Crippen molar-refractivity contribution >= 4 is 11.5 Å². The molecule has 1 aromatic rings. The Kier molecular flexibility index (Phi) is 6.13. The molecule has 0 saturated carbocycles. The number of hydrogen-bond acceptors (Lipinski definition) is 2. The van der Waals surface area contributed by atoms with E-state index in [2.05, 4.69) is 31.2 Å². The van der Waals surface area contributed by atoms with E-state index in [1.165, 1.54) is 11.3 Å². The molecule has 1 aromatic heterocycles. The van der Waals surface area contributed by atoms with Crippen LogP contribution < -0.4 is 0 Å². The van der Waals surface area contributed by atoms with Crippen LogP contribution in [0.1, 0.15) is 37.8 Å². The maximum Gasteiger partial charge on any atom is 0.0514 e. The van der Waals surface area contributed by atoms with Crippen LogP contribution in [0.25, 0.3) is 0 Å². The summed E-state index contributed by atoms with van der Waals surface area (Å²) in [6.45, 7) is 8.42. The van der Waals surface area contributed by atoms with Crippen molar-refractivity contribution in [3.05, 3.63) is 16.6 Å². The van der Waals surface area contributed by atoms with E-state index in [4.69, 9.17) is 0 Å². The number of nitrogens with zero attached hydrogens (tertiary/aromatic N) is 1. The average Bonchev–Trinajstić information content (AvgIpc) is 2.37. The molecule has 0 N–H and O–H groups in total. The third-order valence-electron chi connectivity index (χ3n) is 1.03. The predicted octanol–water partition coefficient (Wildman–Crippen LogP) is 3.43. The molecule has 0 aliphatic carbocycles. The van der Waals surface area contributed by atoms with E-state index in [9.17, 15) is 0 Å². The summed E-state index contributed by atoms with van der Waals surface area (Å²) in [5.41, 5.74) is 1.15. The van der Waals surface area contributed by atoms with Crippen LogP contribution in [0.3, 0.4) is 0 Å². The van der Waals surface area contributed by atoms with Gasteiger partial charge in [0.25, 0.3) is 0 Å². The Morgan fingerprint density at radius 2 is 1.91 bits per heavy atom. The van der Waals surface area contributed by atoms with Crippen molar-refractivity contribution in [2.45, 2.75) is 40.5 Å². The van der Waals surface area contributed by atoms with Crippen molar-refractivity contribution < 1.29 is 0 Å². The maximum absolute atomic E-state index is 4.13. The van der Waals surface area contributed by atoms with Gasteiger partial charge in [-0.1, -0.05) is 27.2 Å². The van der Waals surface area contributed by atoms with Crippen molar-refractivity contribution in [2.24, 2.45) is 0 Å². The molecule has 0 atom stereocenters. The topological polar surface area (TPSA) is 12.9 Å². The zero-order valence-corrected chi connectivity index (χ0v) is 8.66. The minimum absolute atomic E-state index is 1.12. The second-order valence-corrected chi connectivity index (χ2v) is 3.38. The van der Waals surface area contributed by atoms with E-state index in [-0.39, 0.29) is 0 Å². The van der Waals surface area contributed by atoms with Crippen LogP contribution >= 0.6 is 11.5 Å². The molecule has 0 saturated heterocycles. The highest BCUT2D eigenvalue weighted by atomic mass is 32.1. The second kappa shape index (κ2) is 6.35. The Labute approximate surface area is 73.6 Å². The highest BCUT2D eigenvalue weighted by Gasteiger charge is 1.91. The molecule has 64 valence electrons. The van der Waals surface area contributed by atoms with Crippen LogP contribution in [0.4, 0.5) is 0 Å². The van der Waals surface area contributed by atoms with Gasteiger partial charge in [0.05, 0.1) is 5.69 Å². The summed E-state index contributed by atoms with van der Waals surface area (Å²) in [7, 11) is 0. The molecule has 0 aromatic carbocycles. The van der Waals surface area contributed by atoms with E-state index in [1.54, 1.807) is 11.5 Å². The van der Waals surface area contributed by atoms with Gasteiger partial charge in [-0.3, -0.25) is 0 Å². The fraction of sp³-hybridized carbons (Fsp3) is 0.667. The molecule has 0 fully saturated rings. The highest BCUT2D eigenvalue weighted by Crippen LogP contribution is 2.08. The van der Waals surface area contributed by atoms with E-state index in [0.29, 0.717) is 0 Å². The lowest BCUT2D eigenvalue weighted by Gasteiger charge is -1.77. The largest absolute Gasteiger partial charge is 0.198 e. The van der Waals surface area contributed by atoms with Gasteiger partial charge in [-0.25, -0.2) is 0 Å². The smallest absolute Gasteiger partial charge is 0.0514 e. The van der Waals surface area contributed by atoms with E-state index >= 15 is 0 Å². The first-order valence-corrected chi connectivity index (χ1v) is 4.94. The number of hydrogen-bond donors (Lipinski definition) is 0. The summed E-state index contributed by atoms with van der Waals surface area (Å²) in [5.74, 6) is 0. The van der Waals surface area contributed by atoms with Crippen molar-refractivity contribution in [3.8, 4) is 0 Å². The highest BCUT2D eigenvalue weighted by molar-refractivity contribution is 7.05. The van der Waals surface area contributed by atoms with Crippen molar-refractivity contribution in [3.63, 3.8) is 0 Å². The molecular formula is C9H17NS. The van der Waals surface area contributed by atoms with Crippen LogP contribution in [0.5, 0.6) is 0 Å². The van der Waals surface area contributed by atoms with Crippen molar-refractivity contribution in [2.75, 3.05) is 0 Å². The quantitative estimate of drug-likeness (QED) is 0.631. The van der Waals surface area contributed by atoms with E-state index < -0.39 is 0 Å². The molecule has 1 heterocycles. The Balaban J connectivity index is 0.000000292. The Hall–Kier alpha value is -0.370. The molecule has 0 aliphatic rings. The van der Waals surface area contributed by atoms with Gasteiger partial charge in [0.2, 0.25) is 0 Å². The average molecular weight is 171 g/mol. The van der Waals surface area contributed by atoms with Crippen molar-refractivity contribution in [1.29, 1.82) is 0 Å². The summed E-state index contributed by atoms with van der Waals surface area (Å²) in [6, 6.07) is 2.13. The van der Waals surface area contributed by atoms with E-state index in [0.717, 1.165) is 12.1 Å². The van der Waals surface area contributed by atoms with Crippen molar-refractivity contribution in [1.82, 2.24) is 4.37 Å². The standard InChI is InChI=1S/C6H9NS.C3H8/c1-3-6-4-5(2)7-8-6;1-3-2/h4H,3H2,1-2H3;3H2,1-2H3. The Morgan fingerprint density at radius 3 is 2.09 bits per heavy atom. The van der Waals surface area contributed by atoms with Gasteiger partial charge < -0.3 is 0 Å². The van der Waals surface area contributed by atoms with Gasteiger partial charge in [-0.2, -0.15) is 4.37 Å². The fourth-order valence-electron chi connectivity index (χ4n) is 0.583. The second-order valence-electron chi connectivity index (χ2n) is 2.50. The molecular weight excluding hydrogens is 154 g/mol. The number of aryl methyl sites for hydroxylation is 2.